The normalized spacial score (nSPS) is 13.1. The van der Waals surface area contributed by atoms with Gasteiger partial charge in [0.15, 0.2) is 0 Å². The zero-order valence-corrected chi connectivity index (χ0v) is 31.6. The van der Waals surface area contributed by atoms with Gasteiger partial charge >= 0.3 is 0 Å². The summed E-state index contributed by atoms with van der Waals surface area (Å²) in [5, 5.41) is 7.71. The third-order valence-electron chi connectivity index (χ3n) is 11.9. The van der Waals surface area contributed by atoms with Crippen LogP contribution in [0.5, 0.6) is 0 Å². The molecule has 0 amide bonds. The summed E-state index contributed by atoms with van der Waals surface area (Å²) in [5.74, 6) is 0. The highest BCUT2D eigenvalue weighted by Gasteiger charge is 2.38. The van der Waals surface area contributed by atoms with Crippen molar-refractivity contribution < 1.29 is 0 Å². The van der Waals surface area contributed by atoms with Crippen LogP contribution >= 0.6 is 11.3 Å². The Morgan fingerprint density at radius 2 is 1.02 bits per heavy atom. The molecule has 1 heterocycles. The topological polar surface area (TPSA) is 3.24 Å². The summed E-state index contributed by atoms with van der Waals surface area (Å²) in [7, 11) is 0. The van der Waals surface area contributed by atoms with Crippen LogP contribution in [0.15, 0.2) is 188 Å². The van der Waals surface area contributed by atoms with Crippen LogP contribution < -0.4 is 4.90 Å². The van der Waals surface area contributed by atoms with Crippen LogP contribution in [0.25, 0.3) is 75.1 Å². The number of benzene rings is 9. The molecular formula is C53H37NS. The number of para-hydroxylation sites is 1. The van der Waals surface area contributed by atoms with E-state index in [-0.39, 0.29) is 5.41 Å². The van der Waals surface area contributed by atoms with Gasteiger partial charge < -0.3 is 4.90 Å². The molecule has 0 bridgehead atoms. The monoisotopic (exact) mass is 719 g/mol. The quantitative estimate of drug-likeness (QED) is 0.171. The average molecular weight is 720 g/mol. The Balaban J connectivity index is 1.12. The van der Waals surface area contributed by atoms with Crippen LogP contribution in [-0.2, 0) is 5.41 Å². The maximum Gasteiger partial charge on any atom is 0.0543 e. The van der Waals surface area contributed by atoms with Crippen molar-refractivity contribution in [1.29, 1.82) is 0 Å². The minimum absolute atomic E-state index is 0.110. The Morgan fingerprint density at radius 3 is 1.89 bits per heavy atom. The number of fused-ring (bicyclic) bond motifs is 8. The van der Waals surface area contributed by atoms with Crippen molar-refractivity contribution in [2.45, 2.75) is 19.3 Å². The molecule has 0 saturated carbocycles. The van der Waals surface area contributed by atoms with E-state index in [0.29, 0.717) is 0 Å². The van der Waals surface area contributed by atoms with Crippen molar-refractivity contribution in [2.75, 3.05) is 4.90 Å². The van der Waals surface area contributed by atoms with Crippen molar-refractivity contribution in [3.63, 3.8) is 0 Å². The van der Waals surface area contributed by atoms with Crippen LogP contribution in [0.4, 0.5) is 17.1 Å². The van der Waals surface area contributed by atoms with E-state index < -0.39 is 0 Å². The lowest BCUT2D eigenvalue weighted by molar-refractivity contribution is 0.660. The molecule has 1 nitrogen and oxygen atoms in total. The molecule has 0 saturated heterocycles. The van der Waals surface area contributed by atoms with Gasteiger partial charge in [-0.2, -0.15) is 0 Å². The first-order valence-corrected chi connectivity index (χ1v) is 19.9. The fraction of sp³-hybridized carbons (Fsp3) is 0.0566. The van der Waals surface area contributed by atoms with Gasteiger partial charge in [-0.3, -0.25) is 0 Å². The zero-order valence-electron chi connectivity index (χ0n) is 30.8. The summed E-state index contributed by atoms with van der Waals surface area (Å²) in [4.78, 5) is 2.50. The molecule has 9 aromatic carbocycles. The predicted octanol–water partition coefficient (Wildman–Crippen LogP) is 15.5. The van der Waals surface area contributed by atoms with Crippen LogP contribution in [0, 0.1) is 0 Å². The molecule has 0 aliphatic heterocycles. The fourth-order valence-corrected chi connectivity index (χ4v) is 10.4. The number of hydrogen-bond donors (Lipinski definition) is 0. The number of anilines is 3. The van der Waals surface area contributed by atoms with Crippen LogP contribution in [0.1, 0.15) is 25.0 Å². The van der Waals surface area contributed by atoms with Crippen LogP contribution in [0.2, 0.25) is 0 Å². The molecule has 2 heteroatoms. The Bertz CT molecular complexity index is 3120. The third kappa shape index (κ3) is 4.92. The maximum absolute atomic E-state index is 2.50. The highest BCUT2D eigenvalue weighted by atomic mass is 32.1. The summed E-state index contributed by atoms with van der Waals surface area (Å²) in [6, 6.07) is 69.7. The molecule has 1 aliphatic rings. The van der Waals surface area contributed by atoms with Gasteiger partial charge in [0.25, 0.3) is 0 Å². The van der Waals surface area contributed by atoms with E-state index in [1.807, 2.05) is 11.3 Å². The van der Waals surface area contributed by atoms with E-state index >= 15 is 0 Å². The van der Waals surface area contributed by atoms with Crippen molar-refractivity contribution in [3.05, 3.63) is 199 Å². The second-order valence-electron chi connectivity index (χ2n) is 15.3. The minimum Gasteiger partial charge on any atom is -0.309 e. The molecule has 0 spiro atoms. The van der Waals surface area contributed by atoms with E-state index in [2.05, 4.69) is 207 Å². The van der Waals surface area contributed by atoms with E-state index in [1.165, 1.54) is 91.9 Å². The molecule has 55 heavy (non-hydrogen) atoms. The number of rotatable bonds is 5. The molecule has 1 aromatic heterocycles. The van der Waals surface area contributed by atoms with Gasteiger partial charge in [-0.15, -0.1) is 11.3 Å². The average Bonchev–Trinajstić information content (AvgIpc) is 3.71. The molecule has 260 valence electrons. The predicted molar refractivity (Wildman–Crippen MR) is 237 cm³/mol. The van der Waals surface area contributed by atoms with Gasteiger partial charge in [0, 0.05) is 42.4 Å². The molecular weight excluding hydrogens is 683 g/mol. The lowest BCUT2D eigenvalue weighted by Gasteiger charge is -2.31. The number of nitrogens with zero attached hydrogens (tertiary/aromatic N) is 1. The standard InChI is InChI=1S/C53H37NS/c1-53(2)46-23-8-5-20-43(46)52-47(53)24-13-26-49(52)54(48-25-9-6-18-41(48)40-22-11-15-34-14-3-4-17-38(34)40)37-30-28-35(29-31-37)39-21-12-16-36-32-45-42-19-7-10-27-50(42)55-51(45)33-44(36)39/h3-33H,1-2H3. The first kappa shape index (κ1) is 32.0. The van der Waals surface area contributed by atoms with Gasteiger partial charge in [0.2, 0.25) is 0 Å². The first-order chi connectivity index (χ1) is 27.0. The van der Waals surface area contributed by atoms with E-state index in [1.54, 1.807) is 0 Å². The second-order valence-corrected chi connectivity index (χ2v) is 16.4. The molecule has 10 aromatic rings. The summed E-state index contributed by atoms with van der Waals surface area (Å²) in [6.45, 7) is 4.72. The van der Waals surface area contributed by atoms with E-state index in [9.17, 15) is 0 Å². The second kappa shape index (κ2) is 12.3. The van der Waals surface area contributed by atoms with E-state index in [4.69, 9.17) is 0 Å². The van der Waals surface area contributed by atoms with Crippen molar-refractivity contribution in [3.8, 4) is 33.4 Å². The molecule has 0 radical (unpaired) electrons. The van der Waals surface area contributed by atoms with Gasteiger partial charge in [0.05, 0.1) is 11.4 Å². The molecule has 0 unspecified atom stereocenters. The molecule has 0 atom stereocenters. The highest BCUT2D eigenvalue weighted by Crippen LogP contribution is 2.55. The van der Waals surface area contributed by atoms with Crippen LogP contribution in [0.3, 0.4) is 0 Å². The molecule has 1 aliphatic carbocycles. The Labute approximate surface area is 325 Å². The lowest BCUT2D eigenvalue weighted by atomic mass is 9.82. The summed E-state index contributed by atoms with van der Waals surface area (Å²) < 4.78 is 2.66. The number of hydrogen-bond acceptors (Lipinski definition) is 2. The van der Waals surface area contributed by atoms with Gasteiger partial charge in [-0.25, -0.2) is 0 Å². The van der Waals surface area contributed by atoms with Crippen molar-refractivity contribution >= 4 is 70.1 Å². The van der Waals surface area contributed by atoms with Crippen molar-refractivity contribution in [2.24, 2.45) is 0 Å². The summed E-state index contributed by atoms with van der Waals surface area (Å²) >= 11 is 1.88. The maximum atomic E-state index is 2.50. The SMILES string of the molecule is CC1(C)c2ccccc2-c2c(N(c3ccc(-c4cccc5cc6c(cc45)sc4ccccc46)cc3)c3ccccc3-c3cccc4ccccc34)cccc21. The summed E-state index contributed by atoms with van der Waals surface area (Å²) in [6.07, 6.45) is 0. The first-order valence-electron chi connectivity index (χ1n) is 19.1. The third-order valence-corrected chi connectivity index (χ3v) is 13.0. The van der Waals surface area contributed by atoms with Gasteiger partial charge in [-0.1, -0.05) is 159 Å². The van der Waals surface area contributed by atoms with E-state index in [0.717, 1.165) is 11.4 Å². The smallest absolute Gasteiger partial charge is 0.0543 e. The summed E-state index contributed by atoms with van der Waals surface area (Å²) in [5.41, 5.74) is 13.6. The number of thiophene rings is 1. The highest BCUT2D eigenvalue weighted by molar-refractivity contribution is 7.25. The Hall–Kier alpha value is -6.48. The molecule has 0 N–H and O–H groups in total. The van der Waals surface area contributed by atoms with Gasteiger partial charge in [0.1, 0.15) is 0 Å². The minimum atomic E-state index is -0.110. The fourth-order valence-electron chi connectivity index (χ4n) is 9.22. The lowest BCUT2D eigenvalue weighted by Crippen LogP contribution is -2.16. The Morgan fingerprint density at radius 1 is 0.400 bits per heavy atom. The largest absolute Gasteiger partial charge is 0.309 e. The molecule has 11 rings (SSSR count). The van der Waals surface area contributed by atoms with Crippen LogP contribution in [-0.4, -0.2) is 0 Å². The molecule has 0 fully saturated rings. The van der Waals surface area contributed by atoms with Gasteiger partial charge in [-0.05, 0) is 97.4 Å². The Kier molecular flexibility index (Phi) is 7.14. The zero-order chi connectivity index (χ0) is 36.7. The van der Waals surface area contributed by atoms with Crippen molar-refractivity contribution in [1.82, 2.24) is 0 Å².